The van der Waals surface area contributed by atoms with Gasteiger partial charge in [0.1, 0.15) is 11.4 Å². The van der Waals surface area contributed by atoms with E-state index >= 15 is 0 Å². The molecule has 0 atom stereocenters. The Kier molecular flexibility index (Phi) is 2.75. The van der Waals surface area contributed by atoms with Crippen molar-refractivity contribution in [1.82, 2.24) is 4.98 Å². The minimum absolute atomic E-state index is 0.368. The second-order valence-electron chi connectivity index (χ2n) is 3.25. The van der Waals surface area contributed by atoms with Crippen LogP contribution in [-0.4, -0.2) is 25.2 Å². The zero-order valence-corrected chi connectivity index (χ0v) is 9.59. The molecule has 0 aliphatic heterocycles. The molecule has 0 aliphatic carbocycles. The molecule has 2 aromatic rings. The molecular weight excluding hydrogens is 230 g/mol. The lowest BCUT2D eigenvalue weighted by Crippen LogP contribution is -2.00. The van der Waals surface area contributed by atoms with Gasteiger partial charge in [-0.15, -0.1) is 0 Å². The molecule has 0 aliphatic rings. The maximum atomic E-state index is 11.3. The topological polar surface area (TPSA) is 51.3 Å². The Bertz CT molecular complexity index is 547. The minimum Gasteiger partial charge on any atom is -0.497 e. The standard InChI is InChI=1S/C11H10ClNO3/c1-15-6-3-8(12)7-5-10(11(14)16-2)13-9(7)4-6/h3-5,13H,1-2H3. The van der Waals surface area contributed by atoms with Gasteiger partial charge >= 0.3 is 5.97 Å². The fourth-order valence-electron chi connectivity index (χ4n) is 1.51. The summed E-state index contributed by atoms with van der Waals surface area (Å²) in [7, 11) is 2.89. The lowest BCUT2D eigenvalue weighted by atomic mass is 10.2. The molecule has 4 nitrogen and oxygen atoms in total. The molecule has 1 N–H and O–H groups in total. The van der Waals surface area contributed by atoms with Crippen molar-refractivity contribution in [2.45, 2.75) is 0 Å². The van der Waals surface area contributed by atoms with Crippen LogP contribution in [0.3, 0.4) is 0 Å². The van der Waals surface area contributed by atoms with Gasteiger partial charge < -0.3 is 14.5 Å². The fraction of sp³-hybridized carbons (Fsp3) is 0.182. The number of H-pyrrole nitrogens is 1. The molecule has 0 unspecified atom stereocenters. The highest BCUT2D eigenvalue weighted by atomic mass is 35.5. The predicted molar refractivity (Wildman–Crippen MR) is 61.2 cm³/mol. The number of rotatable bonds is 2. The summed E-state index contributed by atoms with van der Waals surface area (Å²) < 4.78 is 9.70. The van der Waals surface area contributed by atoms with Crippen LogP contribution in [0, 0.1) is 0 Å². The average molecular weight is 240 g/mol. The van der Waals surface area contributed by atoms with Crippen molar-refractivity contribution in [3.8, 4) is 5.75 Å². The Labute approximate surface area is 97.1 Å². The number of aromatic nitrogens is 1. The number of carbonyl (C=O) groups is 1. The molecule has 16 heavy (non-hydrogen) atoms. The molecule has 84 valence electrons. The molecule has 1 aromatic heterocycles. The Morgan fingerprint density at radius 3 is 2.69 bits per heavy atom. The van der Waals surface area contributed by atoms with E-state index < -0.39 is 5.97 Å². The Hall–Kier alpha value is -1.68. The number of halogens is 1. The van der Waals surface area contributed by atoms with Crippen LogP contribution in [-0.2, 0) is 4.74 Å². The van der Waals surface area contributed by atoms with Crippen LogP contribution in [0.5, 0.6) is 5.75 Å². The van der Waals surface area contributed by atoms with E-state index in [1.165, 1.54) is 7.11 Å². The van der Waals surface area contributed by atoms with Gasteiger partial charge in [0.05, 0.1) is 24.8 Å². The van der Waals surface area contributed by atoms with Crippen molar-refractivity contribution in [3.05, 3.63) is 28.9 Å². The predicted octanol–water partition coefficient (Wildman–Crippen LogP) is 2.62. The van der Waals surface area contributed by atoms with Crippen LogP contribution >= 0.6 is 11.6 Å². The van der Waals surface area contributed by atoms with Crippen molar-refractivity contribution in [1.29, 1.82) is 0 Å². The summed E-state index contributed by atoms with van der Waals surface area (Å²) in [6.07, 6.45) is 0. The first-order valence-electron chi connectivity index (χ1n) is 4.60. The number of fused-ring (bicyclic) bond motifs is 1. The number of aromatic amines is 1. The van der Waals surface area contributed by atoms with Gasteiger partial charge in [0.2, 0.25) is 0 Å². The van der Waals surface area contributed by atoms with Gasteiger partial charge in [-0.1, -0.05) is 11.6 Å². The third-order valence-electron chi connectivity index (χ3n) is 2.30. The average Bonchev–Trinajstić information content (AvgIpc) is 2.72. The van der Waals surface area contributed by atoms with E-state index in [0.717, 1.165) is 10.9 Å². The van der Waals surface area contributed by atoms with E-state index in [0.29, 0.717) is 16.5 Å². The summed E-state index contributed by atoms with van der Waals surface area (Å²) >= 11 is 6.05. The molecule has 0 spiro atoms. The van der Waals surface area contributed by atoms with Gasteiger partial charge in [0.15, 0.2) is 0 Å². The Morgan fingerprint density at radius 2 is 2.06 bits per heavy atom. The smallest absolute Gasteiger partial charge is 0.354 e. The highest BCUT2D eigenvalue weighted by Crippen LogP contribution is 2.29. The first kappa shape index (κ1) is 10.8. The normalized spacial score (nSPS) is 10.4. The van der Waals surface area contributed by atoms with Crippen molar-refractivity contribution >= 4 is 28.5 Å². The van der Waals surface area contributed by atoms with Gasteiger partial charge in [-0.2, -0.15) is 0 Å². The summed E-state index contributed by atoms with van der Waals surface area (Å²) in [5.74, 6) is 0.210. The molecule has 5 heteroatoms. The van der Waals surface area contributed by atoms with Gasteiger partial charge in [-0.25, -0.2) is 4.79 Å². The third-order valence-corrected chi connectivity index (χ3v) is 2.61. The monoisotopic (exact) mass is 239 g/mol. The van der Waals surface area contributed by atoms with Gasteiger partial charge in [-0.05, 0) is 12.1 Å². The van der Waals surface area contributed by atoms with Crippen LogP contribution < -0.4 is 4.74 Å². The molecule has 0 saturated carbocycles. The van der Waals surface area contributed by atoms with Gasteiger partial charge in [-0.3, -0.25) is 0 Å². The second-order valence-corrected chi connectivity index (χ2v) is 3.65. The molecule has 1 aromatic carbocycles. The number of hydrogen-bond donors (Lipinski definition) is 1. The first-order valence-corrected chi connectivity index (χ1v) is 4.98. The number of esters is 1. The lowest BCUT2D eigenvalue weighted by Gasteiger charge is -2.00. The maximum absolute atomic E-state index is 11.3. The highest BCUT2D eigenvalue weighted by Gasteiger charge is 2.12. The number of hydrogen-bond acceptors (Lipinski definition) is 3. The van der Waals surface area contributed by atoms with Crippen molar-refractivity contribution in [3.63, 3.8) is 0 Å². The lowest BCUT2D eigenvalue weighted by molar-refractivity contribution is 0.0595. The molecular formula is C11H10ClNO3. The maximum Gasteiger partial charge on any atom is 0.354 e. The van der Waals surface area contributed by atoms with Crippen molar-refractivity contribution in [2.75, 3.05) is 14.2 Å². The number of methoxy groups -OCH3 is 2. The number of nitrogens with one attached hydrogen (secondary N) is 1. The molecule has 2 rings (SSSR count). The summed E-state index contributed by atoms with van der Waals surface area (Å²) in [6, 6.07) is 5.12. The Morgan fingerprint density at radius 1 is 1.31 bits per heavy atom. The van der Waals surface area contributed by atoms with Crippen LogP contribution in [0.1, 0.15) is 10.5 Å². The molecule has 0 bridgehead atoms. The minimum atomic E-state index is -0.425. The third kappa shape index (κ3) is 1.72. The van der Waals surface area contributed by atoms with E-state index in [1.807, 2.05) is 0 Å². The van der Waals surface area contributed by atoms with Crippen LogP contribution in [0.25, 0.3) is 10.9 Å². The number of carbonyl (C=O) groups excluding carboxylic acids is 1. The fourth-order valence-corrected chi connectivity index (χ4v) is 1.77. The van der Waals surface area contributed by atoms with Gasteiger partial charge in [0.25, 0.3) is 0 Å². The first-order chi connectivity index (χ1) is 7.65. The van der Waals surface area contributed by atoms with Crippen LogP contribution in [0.4, 0.5) is 0 Å². The number of benzene rings is 1. The SMILES string of the molecule is COC(=O)c1cc2c(Cl)cc(OC)cc2[nH]1. The summed E-state index contributed by atoms with van der Waals surface area (Å²) in [6.45, 7) is 0. The van der Waals surface area contributed by atoms with Crippen LogP contribution in [0.15, 0.2) is 18.2 Å². The molecule has 0 fully saturated rings. The van der Waals surface area contributed by atoms with E-state index in [9.17, 15) is 4.79 Å². The second kappa shape index (κ2) is 4.06. The number of ether oxygens (including phenoxy) is 2. The quantitative estimate of drug-likeness (QED) is 0.820. The van der Waals surface area contributed by atoms with E-state index in [2.05, 4.69) is 9.72 Å². The Balaban J connectivity index is 2.61. The zero-order chi connectivity index (χ0) is 11.7. The van der Waals surface area contributed by atoms with Crippen molar-refractivity contribution in [2.24, 2.45) is 0 Å². The molecule has 1 heterocycles. The van der Waals surface area contributed by atoms with Gasteiger partial charge in [0, 0.05) is 11.5 Å². The summed E-state index contributed by atoms with van der Waals surface area (Å²) in [4.78, 5) is 14.2. The molecule has 0 amide bonds. The molecule has 0 saturated heterocycles. The highest BCUT2D eigenvalue weighted by molar-refractivity contribution is 6.35. The summed E-state index contributed by atoms with van der Waals surface area (Å²) in [5.41, 5.74) is 1.11. The van der Waals surface area contributed by atoms with Crippen LogP contribution in [0.2, 0.25) is 5.02 Å². The molecule has 0 radical (unpaired) electrons. The zero-order valence-electron chi connectivity index (χ0n) is 8.83. The van der Waals surface area contributed by atoms with E-state index in [4.69, 9.17) is 16.3 Å². The van der Waals surface area contributed by atoms with E-state index in [-0.39, 0.29) is 0 Å². The van der Waals surface area contributed by atoms with Crippen molar-refractivity contribution < 1.29 is 14.3 Å². The largest absolute Gasteiger partial charge is 0.497 e. The van der Waals surface area contributed by atoms with E-state index in [1.54, 1.807) is 25.3 Å². The summed E-state index contributed by atoms with van der Waals surface area (Å²) in [5, 5.41) is 1.30.